The Balaban J connectivity index is 1.56. The summed E-state index contributed by atoms with van der Waals surface area (Å²) >= 11 is 0. The number of carbonyl (C=O) groups excluding carboxylic acids is 3. The van der Waals surface area contributed by atoms with Crippen molar-refractivity contribution in [2.75, 3.05) is 26.7 Å². The van der Waals surface area contributed by atoms with Crippen LogP contribution in [-0.2, 0) is 33.4 Å². The van der Waals surface area contributed by atoms with Crippen LogP contribution in [0.1, 0.15) is 50.4 Å². The molecular formula is C24H31F3N4O5. The molecule has 3 heterocycles. The van der Waals surface area contributed by atoms with Crippen LogP contribution in [0.15, 0.2) is 12.3 Å². The molecule has 1 saturated heterocycles. The summed E-state index contributed by atoms with van der Waals surface area (Å²) in [6, 6.07) is 0.706. The summed E-state index contributed by atoms with van der Waals surface area (Å²) in [6.45, 7) is 5.96. The third kappa shape index (κ3) is 5.08. The van der Waals surface area contributed by atoms with E-state index in [-0.39, 0.29) is 43.9 Å². The first-order valence-corrected chi connectivity index (χ1v) is 11.9. The van der Waals surface area contributed by atoms with Crippen molar-refractivity contribution in [3.05, 3.63) is 29.1 Å². The molecule has 2 fully saturated rings. The van der Waals surface area contributed by atoms with Gasteiger partial charge in [0.25, 0.3) is 0 Å². The number of hydrogen-bond acceptors (Lipinski definition) is 6. The van der Waals surface area contributed by atoms with Gasteiger partial charge in [0.15, 0.2) is 0 Å². The summed E-state index contributed by atoms with van der Waals surface area (Å²) in [5.74, 6) is -0.486. The molecule has 36 heavy (non-hydrogen) atoms. The number of carbonyl (C=O) groups is 3. The Bertz CT molecular complexity index is 1060. The van der Waals surface area contributed by atoms with Crippen LogP contribution < -0.4 is 5.32 Å². The molecule has 1 saturated carbocycles. The molecule has 198 valence electrons. The second-order valence-corrected chi connectivity index (χ2v) is 10.8. The van der Waals surface area contributed by atoms with Gasteiger partial charge >= 0.3 is 18.4 Å². The molecule has 12 heteroatoms. The number of pyridine rings is 1. The van der Waals surface area contributed by atoms with Crippen LogP contribution >= 0.6 is 0 Å². The fraction of sp³-hybridized carbons (Fsp3) is 0.667. The normalized spacial score (nSPS) is 25.8. The largest absolute Gasteiger partial charge is 0.453 e. The number of rotatable bonds is 2. The molecule has 3 aliphatic rings. The van der Waals surface area contributed by atoms with E-state index in [0.29, 0.717) is 30.6 Å². The van der Waals surface area contributed by atoms with Gasteiger partial charge in [-0.15, -0.1) is 0 Å². The van der Waals surface area contributed by atoms with E-state index in [9.17, 15) is 27.6 Å². The van der Waals surface area contributed by atoms with Gasteiger partial charge in [-0.2, -0.15) is 13.2 Å². The molecule has 1 aromatic heterocycles. The van der Waals surface area contributed by atoms with E-state index in [1.165, 1.54) is 12.0 Å². The molecule has 2 aliphatic heterocycles. The van der Waals surface area contributed by atoms with Crippen LogP contribution in [0.3, 0.4) is 0 Å². The highest BCUT2D eigenvalue weighted by Crippen LogP contribution is 2.50. The lowest BCUT2D eigenvalue weighted by Gasteiger charge is -2.37. The molecule has 0 bridgehead atoms. The molecule has 0 aromatic carbocycles. The fourth-order valence-electron chi connectivity index (χ4n) is 5.62. The number of likely N-dealkylation sites (tertiary alicyclic amines) is 1. The van der Waals surface area contributed by atoms with Crippen LogP contribution in [-0.4, -0.2) is 71.3 Å². The fourth-order valence-corrected chi connectivity index (χ4v) is 5.62. The van der Waals surface area contributed by atoms with Crippen molar-refractivity contribution in [1.82, 2.24) is 20.1 Å². The molecule has 9 nitrogen and oxygen atoms in total. The number of alkyl halides is 3. The molecule has 3 amide bonds. The van der Waals surface area contributed by atoms with Crippen molar-refractivity contribution < 1.29 is 37.0 Å². The van der Waals surface area contributed by atoms with Gasteiger partial charge in [0.05, 0.1) is 18.1 Å². The molecule has 0 unspecified atom stereocenters. The predicted octanol–water partition coefficient (Wildman–Crippen LogP) is 3.36. The Hall–Kier alpha value is -3.05. The zero-order chi connectivity index (χ0) is 26.5. The lowest BCUT2D eigenvalue weighted by atomic mass is 9.78. The van der Waals surface area contributed by atoms with E-state index < -0.39 is 34.9 Å². The first-order chi connectivity index (χ1) is 16.7. The number of amides is 3. The van der Waals surface area contributed by atoms with Crippen molar-refractivity contribution in [3.63, 3.8) is 0 Å². The maximum absolute atomic E-state index is 14.0. The minimum absolute atomic E-state index is 0.00193. The first kappa shape index (κ1) is 26.0. The Morgan fingerprint density at radius 3 is 2.56 bits per heavy atom. The quantitative estimate of drug-likeness (QED) is 0.652. The minimum Gasteiger partial charge on any atom is -0.453 e. The van der Waals surface area contributed by atoms with Crippen molar-refractivity contribution in [3.8, 4) is 0 Å². The highest BCUT2D eigenvalue weighted by Gasteiger charge is 2.60. The Morgan fingerprint density at radius 2 is 1.92 bits per heavy atom. The summed E-state index contributed by atoms with van der Waals surface area (Å²) in [4.78, 5) is 45.6. The number of nitrogens with zero attached hydrogens (tertiary/aromatic N) is 3. The lowest BCUT2D eigenvalue weighted by Crippen LogP contribution is -2.49. The monoisotopic (exact) mass is 512 g/mol. The van der Waals surface area contributed by atoms with Crippen LogP contribution in [0.5, 0.6) is 0 Å². The van der Waals surface area contributed by atoms with E-state index in [0.717, 1.165) is 12.3 Å². The smallest absolute Gasteiger partial charge is 0.417 e. The number of methoxy groups -OCH3 is 1. The summed E-state index contributed by atoms with van der Waals surface area (Å²) < 4.78 is 49.9. The van der Waals surface area contributed by atoms with E-state index >= 15 is 0 Å². The number of alkyl carbamates (subject to hydrolysis) is 1. The highest BCUT2D eigenvalue weighted by molar-refractivity contribution is 5.86. The second kappa shape index (κ2) is 9.11. The Kier molecular flexibility index (Phi) is 6.59. The standard InChI is InChI=1S/C24H31F3N4O5/c1-22(2,3)36-20(33)29-17-8-16-12-31(21(34)35-4)13-23(16,9-17)19(32)30-6-5-18-14(11-30)7-15(10-28-18)24(25,26)27/h7,10,16-17H,5-6,8-9,11-13H2,1-4H3,(H,29,33)/t16-,17+,23-/m0/s1. The Morgan fingerprint density at radius 1 is 1.19 bits per heavy atom. The maximum Gasteiger partial charge on any atom is 0.417 e. The van der Waals surface area contributed by atoms with E-state index in [2.05, 4.69) is 10.3 Å². The van der Waals surface area contributed by atoms with Gasteiger partial charge in [-0.3, -0.25) is 9.78 Å². The first-order valence-electron chi connectivity index (χ1n) is 11.9. The summed E-state index contributed by atoms with van der Waals surface area (Å²) in [6.07, 6.45) is -3.76. The zero-order valence-corrected chi connectivity index (χ0v) is 20.8. The number of halogens is 3. The van der Waals surface area contributed by atoms with Crippen molar-refractivity contribution in [2.24, 2.45) is 11.3 Å². The van der Waals surface area contributed by atoms with Gasteiger partial charge in [0, 0.05) is 50.5 Å². The van der Waals surface area contributed by atoms with Crippen LogP contribution in [0.25, 0.3) is 0 Å². The molecule has 4 rings (SSSR count). The van der Waals surface area contributed by atoms with Gasteiger partial charge in [0.1, 0.15) is 5.60 Å². The molecule has 0 spiro atoms. The van der Waals surface area contributed by atoms with Gasteiger partial charge in [-0.1, -0.05) is 0 Å². The van der Waals surface area contributed by atoms with Gasteiger partial charge < -0.3 is 24.6 Å². The van der Waals surface area contributed by atoms with Gasteiger partial charge in [-0.25, -0.2) is 9.59 Å². The van der Waals surface area contributed by atoms with E-state index in [1.807, 2.05) is 0 Å². The summed E-state index contributed by atoms with van der Waals surface area (Å²) in [5, 5.41) is 2.84. The van der Waals surface area contributed by atoms with Crippen LogP contribution in [0.2, 0.25) is 0 Å². The molecule has 0 radical (unpaired) electrons. The van der Waals surface area contributed by atoms with E-state index in [1.54, 1.807) is 25.7 Å². The number of fused-ring (bicyclic) bond motifs is 2. The number of hydrogen-bond donors (Lipinski definition) is 1. The number of aromatic nitrogens is 1. The molecule has 3 atom stereocenters. The average molecular weight is 513 g/mol. The average Bonchev–Trinajstić information content (AvgIpc) is 3.30. The highest BCUT2D eigenvalue weighted by atomic mass is 19.4. The second-order valence-electron chi connectivity index (χ2n) is 10.8. The topological polar surface area (TPSA) is 101 Å². The Labute approximate surface area is 207 Å². The van der Waals surface area contributed by atoms with Crippen LogP contribution in [0.4, 0.5) is 22.8 Å². The van der Waals surface area contributed by atoms with E-state index in [4.69, 9.17) is 9.47 Å². The van der Waals surface area contributed by atoms with Crippen molar-refractivity contribution in [1.29, 1.82) is 0 Å². The zero-order valence-electron chi connectivity index (χ0n) is 20.8. The minimum atomic E-state index is -4.53. The molecule has 1 aromatic rings. The lowest BCUT2D eigenvalue weighted by molar-refractivity contribution is -0.143. The van der Waals surface area contributed by atoms with Gasteiger partial charge in [-0.05, 0) is 51.2 Å². The molecule has 1 N–H and O–H groups in total. The predicted molar refractivity (Wildman–Crippen MR) is 121 cm³/mol. The number of ether oxygens (including phenoxy) is 2. The van der Waals surface area contributed by atoms with Crippen molar-refractivity contribution in [2.45, 2.75) is 64.4 Å². The SMILES string of the molecule is COC(=O)N1C[C@@H]2C[C@@H](NC(=O)OC(C)(C)C)C[C@]2(C(=O)N2CCc3ncc(C(F)(F)F)cc3C2)C1. The van der Waals surface area contributed by atoms with Crippen LogP contribution in [0, 0.1) is 11.3 Å². The van der Waals surface area contributed by atoms with Gasteiger partial charge in [0.2, 0.25) is 5.91 Å². The van der Waals surface area contributed by atoms with Crippen molar-refractivity contribution >= 4 is 18.1 Å². The maximum atomic E-state index is 14.0. The molecule has 1 aliphatic carbocycles. The third-order valence-electron chi connectivity index (χ3n) is 7.11. The summed E-state index contributed by atoms with van der Waals surface area (Å²) in [5.41, 5.74) is -1.62. The molecular weight excluding hydrogens is 481 g/mol. The third-order valence-corrected chi connectivity index (χ3v) is 7.11. The summed E-state index contributed by atoms with van der Waals surface area (Å²) in [7, 11) is 1.27. The number of nitrogens with one attached hydrogen (secondary N) is 1.